The molecule has 0 aromatic carbocycles. The fraction of sp³-hybridized carbons (Fsp3) is 0.833. The van der Waals surface area contributed by atoms with Gasteiger partial charge in [0.2, 0.25) is 0 Å². The lowest BCUT2D eigenvalue weighted by atomic mass is 10.0. The summed E-state index contributed by atoms with van der Waals surface area (Å²) in [6, 6.07) is 0. The summed E-state index contributed by atoms with van der Waals surface area (Å²) < 4.78 is 0. The Labute approximate surface area is 77.1 Å². The summed E-state index contributed by atoms with van der Waals surface area (Å²) in [6.45, 7) is 6.91. The lowest BCUT2D eigenvalue weighted by Crippen LogP contribution is -1.90. The Hall–Kier alpha value is -0.260. The van der Waals surface area contributed by atoms with Gasteiger partial charge in [-0.3, -0.25) is 0 Å². The van der Waals surface area contributed by atoms with Crippen LogP contribution in [-0.2, 0) is 0 Å². The molecule has 2 atom stereocenters. The van der Waals surface area contributed by atoms with Crippen LogP contribution in [-0.4, -0.2) is 0 Å². The second-order valence-electron chi connectivity index (χ2n) is 4.23. The molecule has 1 aliphatic rings. The molecule has 0 saturated heterocycles. The standard InChI is InChI=1S/C12H22/c1-4-10(3)8-12-7-6-11(5-2)9-12/h8,10-11H,4-7,9H2,1-3H3/b12-8-. The molecule has 0 radical (unpaired) electrons. The van der Waals surface area contributed by atoms with Gasteiger partial charge in [-0.05, 0) is 31.1 Å². The molecule has 0 aromatic rings. The van der Waals surface area contributed by atoms with Crippen molar-refractivity contribution in [3.05, 3.63) is 11.6 Å². The van der Waals surface area contributed by atoms with E-state index in [0.29, 0.717) is 0 Å². The van der Waals surface area contributed by atoms with Crippen LogP contribution in [0.1, 0.15) is 52.9 Å². The van der Waals surface area contributed by atoms with Gasteiger partial charge in [-0.2, -0.15) is 0 Å². The lowest BCUT2D eigenvalue weighted by molar-refractivity contribution is 0.537. The monoisotopic (exact) mass is 166 g/mol. The molecule has 1 rings (SSSR count). The lowest BCUT2D eigenvalue weighted by Gasteiger charge is -2.04. The third-order valence-corrected chi connectivity index (χ3v) is 3.17. The van der Waals surface area contributed by atoms with Gasteiger partial charge in [-0.1, -0.05) is 45.3 Å². The average molecular weight is 166 g/mol. The molecule has 0 amide bonds. The summed E-state index contributed by atoms with van der Waals surface area (Å²) >= 11 is 0. The maximum atomic E-state index is 2.51. The Morgan fingerprint density at radius 3 is 2.75 bits per heavy atom. The topological polar surface area (TPSA) is 0 Å². The number of rotatable bonds is 3. The van der Waals surface area contributed by atoms with Crippen molar-refractivity contribution in [1.29, 1.82) is 0 Å². The van der Waals surface area contributed by atoms with E-state index in [0.717, 1.165) is 11.8 Å². The van der Waals surface area contributed by atoms with E-state index in [-0.39, 0.29) is 0 Å². The van der Waals surface area contributed by atoms with Crippen molar-refractivity contribution in [2.75, 3.05) is 0 Å². The van der Waals surface area contributed by atoms with E-state index in [4.69, 9.17) is 0 Å². The fourth-order valence-electron chi connectivity index (χ4n) is 1.98. The second-order valence-corrected chi connectivity index (χ2v) is 4.23. The number of hydrogen-bond donors (Lipinski definition) is 0. The molecule has 1 fully saturated rings. The molecule has 0 bridgehead atoms. The molecule has 0 aromatic heterocycles. The van der Waals surface area contributed by atoms with Crippen LogP contribution in [0, 0.1) is 11.8 Å². The Kier molecular flexibility index (Phi) is 3.84. The Bertz CT molecular complexity index is 155. The van der Waals surface area contributed by atoms with Gasteiger partial charge in [0, 0.05) is 0 Å². The van der Waals surface area contributed by atoms with Gasteiger partial charge in [-0.25, -0.2) is 0 Å². The van der Waals surface area contributed by atoms with Crippen LogP contribution < -0.4 is 0 Å². The first-order valence-corrected chi connectivity index (χ1v) is 5.45. The first-order chi connectivity index (χ1) is 5.76. The molecule has 70 valence electrons. The summed E-state index contributed by atoms with van der Waals surface area (Å²) in [5.41, 5.74) is 1.73. The highest BCUT2D eigenvalue weighted by Gasteiger charge is 2.17. The molecule has 0 heteroatoms. The maximum Gasteiger partial charge on any atom is -0.0262 e. The van der Waals surface area contributed by atoms with Gasteiger partial charge in [0.1, 0.15) is 0 Å². The van der Waals surface area contributed by atoms with E-state index in [9.17, 15) is 0 Å². The predicted molar refractivity (Wildman–Crippen MR) is 55.2 cm³/mol. The highest BCUT2D eigenvalue weighted by Crippen LogP contribution is 2.33. The number of allylic oxidation sites excluding steroid dienone is 2. The highest BCUT2D eigenvalue weighted by molar-refractivity contribution is 5.09. The number of hydrogen-bond acceptors (Lipinski definition) is 0. The average Bonchev–Trinajstić information content (AvgIpc) is 2.52. The van der Waals surface area contributed by atoms with Crippen molar-refractivity contribution in [1.82, 2.24) is 0 Å². The molecule has 0 spiro atoms. The molecular formula is C12H22. The zero-order valence-electron chi connectivity index (χ0n) is 8.77. The summed E-state index contributed by atoms with van der Waals surface area (Å²) in [7, 11) is 0. The van der Waals surface area contributed by atoms with E-state index >= 15 is 0 Å². The molecule has 0 nitrogen and oxygen atoms in total. The van der Waals surface area contributed by atoms with Crippen molar-refractivity contribution in [3.63, 3.8) is 0 Å². The van der Waals surface area contributed by atoms with Crippen LogP contribution in [0.2, 0.25) is 0 Å². The van der Waals surface area contributed by atoms with Crippen LogP contribution in [0.15, 0.2) is 11.6 Å². The van der Waals surface area contributed by atoms with E-state index in [1.807, 2.05) is 0 Å². The van der Waals surface area contributed by atoms with Gasteiger partial charge in [0.15, 0.2) is 0 Å². The van der Waals surface area contributed by atoms with E-state index in [2.05, 4.69) is 26.8 Å². The molecule has 1 aliphatic carbocycles. The SMILES string of the molecule is CCC(C)/C=C1/CCC(CC)C1. The summed E-state index contributed by atoms with van der Waals surface area (Å²) in [5.74, 6) is 1.80. The molecule has 12 heavy (non-hydrogen) atoms. The van der Waals surface area contributed by atoms with Gasteiger partial charge < -0.3 is 0 Å². The van der Waals surface area contributed by atoms with Crippen LogP contribution in [0.5, 0.6) is 0 Å². The molecule has 0 aliphatic heterocycles. The van der Waals surface area contributed by atoms with Crippen LogP contribution in [0.25, 0.3) is 0 Å². The molecule has 2 unspecified atom stereocenters. The maximum absolute atomic E-state index is 2.51. The van der Waals surface area contributed by atoms with E-state index in [1.165, 1.54) is 32.1 Å². The molecule has 0 N–H and O–H groups in total. The highest BCUT2D eigenvalue weighted by atomic mass is 14.2. The fourth-order valence-corrected chi connectivity index (χ4v) is 1.98. The van der Waals surface area contributed by atoms with Crippen molar-refractivity contribution >= 4 is 0 Å². The molecule has 1 saturated carbocycles. The van der Waals surface area contributed by atoms with Gasteiger partial charge in [0.05, 0.1) is 0 Å². The minimum Gasteiger partial charge on any atom is -0.0825 e. The molecule has 0 heterocycles. The molecular weight excluding hydrogens is 144 g/mol. The minimum absolute atomic E-state index is 0.801. The second kappa shape index (κ2) is 4.69. The summed E-state index contributed by atoms with van der Waals surface area (Å²) in [6.07, 6.45) is 9.39. The van der Waals surface area contributed by atoms with Crippen LogP contribution in [0.3, 0.4) is 0 Å². The Morgan fingerprint density at radius 1 is 1.50 bits per heavy atom. The largest absolute Gasteiger partial charge is 0.0825 e. The summed E-state index contributed by atoms with van der Waals surface area (Å²) in [5, 5.41) is 0. The van der Waals surface area contributed by atoms with Crippen LogP contribution in [0.4, 0.5) is 0 Å². The van der Waals surface area contributed by atoms with Crippen molar-refractivity contribution in [2.45, 2.75) is 52.9 Å². The predicted octanol–water partition coefficient (Wildman–Crippen LogP) is 4.17. The van der Waals surface area contributed by atoms with Crippen LogP contribution >= 0.6 is 0 Å². The third kappa shape index (κ3) is 2.66. The normalized spacial score (nSPS) is 29.6. The van der Waals surface area contributed by atoms with Crippen molar-refractivity contribution in [2.24, 2.45) is 11.8 Å². The zero-order valence-corrected chi connectivity index (χ0v) is 8.77. The summed E-state index contributed by atoms with van der Waals surface area (Å²) in [4.78, 5) is 0. The van der Waals surface area contributed by atoms with Crippen molar-refractivity contribution in [3.8, 4) is 0 Å². The van der Waals surface area contributed by atoms with Gasteiger partial charge in [-0.15, -0.1) is 0 Å². The Morgan fingerprint density at radius 2 is 2.25 bits per heavy atom. The van der Waals surface area contributed by atoms with E-state index in [1.54, 1.807) is 5.57 Å². The zero-order chi connectivity index (χ0) is 8.97. The van der Waals surface area contributed by atoms with Gasteiger partial charge in [0.25, 0.3) is 0 Å². The van der Waals surface area contributed by atoms with Crippen molar-refractivity contribution < 1.29 is 0 Å². The first kappa shape index (κ1) is 9.83. The third-order valence-electron chi connectivity index (χ3n) is 3.17. The van der Waals surface area contributed by atoms with E-state index < -0.39 is 0 Å². The minimum atomic E-state index is 0.801. The Balaban J connectivity index is 2.40. The smallest absolute Gasteiger partial charge is 0.0262 e. The van der Waals surface area contributed by atoms with Gasteiger partial charge >= 0.3 is 0 Å². The first-order valence-electron chi connectivity index (χ1n) is 5.45. The quantitative estimate of drug-likeness (QED) is 0.552.